The van der Waals surface area contributed by atoms with Gasteiger partial charge in [-0.2, -0.15) is 0 Å². The Morgan fingerprint density at radius 1 is 0.962 bits per heavy atom. The summed E-state index contributed by atoms with van der Waals surface area (Å²) in [5, 5.41) is 2.32. The molecule has 1 saturated carbocycles. The smallest absolute Gasteiger partial charge is 0.300 e. The van der Waals surface area contributed by atoms with Crippen LogP contribution in [0, 0.1) is 0 Å². The molecule has 2 aromatic rings. The van der Waals surface area contributed by atoms with Gasteiger partial charge in [0.1, 0.15) is 11.8 Å². The topological polar surface area (TPSA) is 90.2 Å². The number of hydrogen-bond acceptors (Lipinski definition) is 4. The molecule has 0 bridgehead atoms. The maximum atomic E-state index is 12.8. The van der Waals surface area contributed by atoms with Crippen LogP contribution in [0.2, 0.25) is 0 Å². The van der Waals surface area contributed by atoms with E-state index in [1.54, 1.807) is 11.6 Å². The number of benzene rings is 1. The normalized spacial score (nSPS) is 22.0. The molecule has 136 valence electrons. The molecule has 1 saturated heterocycles. The molecular weight excluding hydrogens is 334 g/mol. The molecule has 1 aliphatic heterocycles. The van der Waals surface area contributed by atoms with Crippen LogP contribution in [0.25, 0.3) is 11.0 Å². The lowest BCUT2D eigenvalue weighted by molar-refractivity contribution is -0.135. The highest BCUT2D eigenvalue weighted by atomic mass is 16.2. The molecule has 1 unspecified atom stereocenters. The van der Waals surface area contributed by atoms with E-state index >= 15 is 0 Å². The number of ketones is 1. The Morgan fingerprint density at radius 2 is 1.69 bits per heavy atom. The molecule has 26 heavy (non-hydrogen) atoms. The highest BCUT2D eigenvalue weighted by molar-refractivity contribution is 6.00. The van der Waals surface area contributed by atoms with Crippen LogP contribution in [0.1, 0.15) is 56.0 Å². The zero-order chi connectivity index (χ0) is 18.4. The van der Waals surface area contributed by atoms with Gasteiger partial charge in [0.25, 0.3) is 0 Å². The van der Waals surface area contributed by atoms with Crippen molar-refractivity contribution < 1.29 is 14.4 Å². The second-order valence-electron chi connectivity index (χ2n) is 7.24. The van der Waals surface area contributed by atoms with Gasteiger partial charge >= 0.3 is 5.69 Å². The van der Waals surface area contributed by atoms with E-state index in [1.807, 2.05) is 18.2 Å². The van der Waals surface area contributed by atoms with Crippen LogP contribution < -0.4 is 11.0 Å². The van der Waals surface area contributed by atoms with Crippen molar-refractivity contribution in [1.82, 2.24) is 14.5 Å². The molecule has 1 aliphatic carbocycles. The van der Waals surface area contributed by atoms with Crippen LogP contribution in [0.3, 0.4) is 0 Å². The molecule has 0 radical (unpaired) electrons. The summed E-state index contributed by atoms with van der Waals surface area (Å²) in [6.45, 7) is 0. The lowest BCUT2D eigenvalue weighted by atomic mass is 9.83. The maximum Gasteiger partial charge on any atom is 0.329 e. The van der Waals surface area contributed by atoms with Crippen LogP contribution >= 0.6 is 0 Å². The van der Waals surface area contributed by atoms with Gasteiger partial charge in [-0.25, -0.2) is 4.79 Å². The van der Waals surface area contributed by atoms with Crippen molar-refractivity contribution in [3.63, 3.8) is 0 Å². The number of amides is 2. The zero-order valence-corrected chi connectivity index (χ0v) is 14.7. The lowest BCUT2D eigenvalue weighted by Gasteiger charge is -2.23. The minimum absolute atomic E-state index is 0.230. The molecule has 0 spiro atoms. The summed E-state index contributed by atoms with van der Waals surface area (Å²) < 4.78 is 3.04. The van der Waals surface area contributed by atoms with Gasteiger partial charge in [0.2, 0.25) is 11.8 Å². The minimum atomic E-state index is -0.665. The Morgan fingerprint density at radius 3 is 2.38 bits per heavy atom. The van der Waals surface area contributed by atoms with Crippen molar-refractivity contribution >= 4 is 28.6 Å². The number of aromatic nitrogens is 2. The number of aryl methyl sites for hydroxylation is 1. The fraction of sp³-hybridized carbons (Fsp3) is 0.474. The van der Waals surface area contributed by atoms with Crippen molar-refractivity contribution in [2.75, 3.05) is 0 Å². The summed E-state index contributed by atoms with van der Waals surface area (Å²) in [6.07, 6.45) is 3.46. The quantitative estimate of drug-likeness (QED) is 0.828. The molecule has 1 aromatic heterocycles. The van der Waals surface area contributed by atoms with Gasteiger partial charge in [-0.15, -0.1) is 0 Å². The predicted octanol–water partition coefficient (Wildman–Crippen LogP) is 1.54. The molecule has 4 rings (SSSR count). The molecule has 2 fully saturated rings. The third-order valence-electron chi connectivity index (χ3n) is 5.65. The number of rotatable bonds is 2. The van der Waals surface area contributed by atoms with Crippen molar-refractivity contribution in [3.05, 3.63) is 34.2 Å². The number of nitrogens with zero attached hydrogens (tertiary/aromatic N) is 2. The van der Waals surface area contributed by atoms with Gasteiger partial charge in [0.05, 0.1) is 11.0 Å². The number of imide groups is 1. The van der Waals surface area contributed by atoms with Crippen LogP contribution in [0.4, 0.5) is 0 Å². The summed E-state index contributed by atoms with van der Waals surface area (Å²) in [6, 6.07) is 5.21. The van der Waals surface area contributed by atoms with E-state index < -0.39 is 11.9 Å². The average molecular weight is 355 g/mol. The highest BCUT2D eigenvalue weighted by Gasteiger charge is 2.31. The van der Waals surface area contributed by atoms with Gasteiger partial charge < -0.3 is 0 Å². The molecule has 2 heterocycles. The molecular formula is C19H21N3O4. The van der Waals surface area contributed by atoms with Crippen molar-refractivity contribution in [2.24, 2.45) is 7.05 Å². The maximum absolute atomic E-state index is 12.8. The van der Waals surface area contributed by atoms with Gasteiger partial charge in [-0.05, 0) is 42.9 Å². The molecule has 7 nitrogen and oxygen atoms in total. The van der Waals surface area contributed by atoms with Crippen molar-refractivity contribution in [2.45, 2.75) is 50.5 Å². The third-order valence-corrected chi connectivity index (χ3v) is 5.65. The van der Waals surface area contributed by atoms with E-state index in [0.29, 0.717) is 36.5 Å². The molecule has 2 aliphatic rings. The minimum Gasteiger partial charge on any atom is -0.300 e. The summed E-state index contributed by atoms with van der Waals surface area (Å²) in [5.74, 6) is -0.0794. The van der Waals surface area contributed by atoms with E-state index in [0.717, 1.165) is 23.9 Å². The van der Waals surface area contributed by atoms with Gasteiger partial charge in [-0.1, -0.05) is 6.07 Å². The van der Waals surface area contributed by atoms with Crippen LogP contribution in [-0.2, 0) is 21.4 Å². The second kappa shape index (κ2) is 6.23. The van der Waals surface area contributed by atoms with Gasteiger partial charge in [0.15, 0.2) is 0 Å². The fourth-order valence-electron chi connectivity index (χ4n) is 4.14. The average Bonchev–Trinajstić information content (AvgIpc) is 2.87. The standard InChI is InChI=1S/C19H21N3O4/c1-21-16-10-12(11-2-5-13(23)6-3-11)4-7-14(16)22(19(21)26)15-8-9-17(24)20-18(15)25/h4,7,10-11,15H,2-3,5-6,8-9H2,1H3,(H,20,24,25). The number of hydrogen-bond donors (Lipinski definition) is 1. The Balaban J connectivity index is 1.75. The van der Waals surface area contributed by atoms with Crippen LogP contribution in [0.15, 0.2) is 23.0 Å². The Bertz CT molecular complexity index is 975. The second-order valence-corrected chi connectivity index (χ2v) is 7.24. The van der Waals surface area contributed by atoms with Crippen molar-refractivity contribution in [1.29, 1.82) is 0 Å². The number of fused-ring (bicyclic) bond motifs is 1. The summed E-state index contributed by atoms with van der Waals surface area (Å²) in [4.78, 5) is 47.9. The molecule has 1 aromatic carbocycles. The highest BCUT2D eigenvalue weighted by Crippen LogP contribution is 2.33. The summed E-state index contributed by atoms with van der Waals surface area (Å²) in [5.41, 5.74) is 2.34. The number of carbonyl (C=O) groups excluding carboxylic acids is 3. The monoisotopic (exact) mass is 355 g/mol. The third kappa shape index (κ3) is 2.67. The number of Topliss-reactive ketones (excluding diaryl/α,β-unsaturated/α-hetero) is 1. The Hall–Kier alpha value is -2.70. The molecule has 1 N–H and O–H groups in total. The molecule has 1 atom stereocenters. The summed E-state index contributed by atoms with van der Waals surface area (Å²) in [7, 11) is 1.70. The lowest BCUT2D eigenvalue weighted by Crippen LogP contribution is -2.44. The Kier molecular flexibility index (Phi) is 4.01. The van der Waals surface area contributed by atoms with E-state index in [2.05, 4.69) is 5.32 Å². The molecule has 2 amide bonds. The SMILES string of the molecule is Cn1c(=O)n(C2CCC(=O)NC2=O)c2ccc(C3CCC(=O)CC3)cc21. The van der Waals surface area contributed by atoms with Gasteiger partial charge in [-0.3, -0.25) is 28.8 Å². The number of carbonyl (C=O) groups is 3. The van der Waals surface area contributed by atoms with Crippen LogP contribution in [-0.4, -0.2) is 26.7 Å². The summed E-state index contributed by atoms with van der Waals surface area (Å²) >= 11 is 0. The first-order valence-corrected chi connectivity index (χ1v) is 9.02. The largest absolute Gasteiger partial charge is 0.329 e. The first-order chi connectivity index (χ1) is 12.5. The van der Waals surface area contributed by atoms with Crippen molar-refractivity contribution in [3.8, 4) is 0 Å². The predicted molar refractivity (Wildman–Crippen MR) is 94.8 cm³/mol. The van der Waals surface area contributed by atoms with Gasteiger partial charge in [0, 0.05) is 26.3 Å². The number of piperidine rings is 1. The van der Waals surface area contributed by atoms with E-state index in [9.17, 15) is 19.2 Å². The first kappa shape index (κ1) is 16.8. The number of imidazole rings is 1. The first-order valence-electron chi connectivity index (χ1n) is 9.02. The molecule has 7 heteroatoms. The van der Waals surface area contributed by atoms with Crippen LogP contribution in [0.5, 0.6) is 0 Å². The fourth-order valence-corrected chi connectivity index (χ4v) is 4.14. The zero-order valence-electron chi connectivity index (χ0n) is 14.7. The number of nitrogens with one attached hydrogen (secondary N) is 1. The van der Waals surface area contributed by atoms with E-state index in [4.69, 9.17) is 0 Å². The van der Waals surface area contributed by atoms with E-state index in [-0.39, 0.29) is 18.0 Å². The Labute approximate surface area is 150 Å². The van der Waals surface area contributed by atoms with E-state index in [1.165, 1.54) is 4.57 Å².